The summed E-state index contributed by atoms with van der Waals surface area (Å²) in [6.45, 7) is 0.535. The maximum Gasteiger partial charge on any atom is 0.168 e. The molecule has 0 aliphatic rings. The predicted octanol–water partition coefficient (Wildman–Crippen LogP) is 6.17. The van der Waals surface area contributed by atoms with E-state index in [4.69, 9.17) is 0 Å². The third-order valence-corrected chi connectivity index (χ3v) is 6.46. The van der Waals surface area contributed by atoms with Crippen molar-refractivity contribution in [1.82, 2.24) is 9.55 Å². The molecular weight excluding hydrogens is 426 g/mol. The maximum absolute atomic E-state index is 13.5. The zero-order chi connectivity index (χ0) is 22.3. The van der Waals surface area contributed by atoms with Crippen molar-refractivity contribution in [3.63, 3.8) is 0 Å². The third-order valence-electron chi connectivity index (χ3n) is 5.40. The topological polar surface area (TPSA) is 38.1 Å². The molecule has 0 fully saturated rings. The molecule has 0 unspecified atom stereocenters. The first-order valence-corrected chi connectivity index (χ1v) is 11.5. The summed E-state index contributed by atoms with van der Waals surface area (Å²) in [5.74, 6) is -0.596. The Morgan fingerprint density at radius 2 is 1.47 bits per heavy atom. The first-order valence-electron chi connectivity index (χ1n) is 10.5. The number of aliphatic hydroxyl groups excluding tert-OH is 1. The minimum Gasteiger partial charge on any atom is -0.390 e. The maximum atomic E-state index is 13.5. The SMILES string of the molecule is OCc1cnc(SCc2cc(F)cc(F)c2)n1CCC(c1ccccc1)c1ccccc1. The van der Waals surface area contributed by atoms with Crippen LogP contribution in [-0.4, -0.2) is 14.7 Å². The van der Waals surface area contributed by atoms with Crippen molar-refractivity contribution in [2.24, 2.45) is 0 Å². The second-order valence-electron chi connectivity index (χ2n) is 7.57. The third kappa shape index (κ3) is 5.44. The molecule has 4 aromatic rings. The molecule has 6 heteroatoms. The van der Waals surface area contributed by atoms with Gasteiger partial charge >= 0.3 is 0 Å². The average molecular weight is 451 g/mol. The molecule has 0 atom stereocenters. The van der Waals surface area contributed by atoms with E-state index < -0.39 is 11.6 Å². The summed E-state index contributed by atoms with van der Waals surface area (Å²) < 4.78 is 29.0. The van der Waals surface area contributed by atoms with Gasteiger partial charge in [-0.25, -0.2) is 13.8 Å². The van der Waals surface area contributed by atoms with Gasteiger partial charge in [0.1, 0.15) is 11.6 Å². The molecule has 164 valence electrons. The Morgan fingerprint density at radius 3 is 2.03 bits per heavy atom. The van der Waals surface area contributed by atoms with Crippen LogP contribution in [0.5, 0.6) is 0 Å². The normalized spacial score (nSPS) is 11.2. The predicted molar refractivity (Wildman–Crippen MR) is 123 cm³/mol. The second-order valence-corrected chi connectivity index (χ2v) is 8.51. The number of aromatic nitrogens is 2. The van der Waals surface area contributed by atoms with Gasteiger partial charge in [0.25, 0.3) is 0 Å². The number of hydrogen-bond acceptors (Lipinski definition) is 3. The summed E-state index contributed by atoms with van der Waals surface area (Å²) in [5.41, 5.74) is 3.74. The molecule has 0 saturated heterocycles. The number of aliphatic hydroxyl groups is 1. The van der Waals surface area contributed by atoms with E-state index in [9.17, 15) is 13.9 Å². The highest BCUT2D eigenvalue weighted by atomic mass is 32.2. The van der Waals surface area contributed by atoms with E-state index in [0.29, 0.717) is 17.9 Å². The molecule has 0 amide bonds. The van der Waals surface area contributed by atoms with E-state index in [-0.39, 0.29) is 12.5 Å². The molecule has 1 aromatic heterocycles. The molecule has 0 bridgehead atoms. The fourth-order valence-electron chi connectivity index (χ4n) is 3.87. The van der Waals surface area contributed by atoms with Crippen molar-refractivity contribution < 1.29 is 13.9 Å². The first kappa shape index (κ1) is 22.2. The van der Waals surface area contributed by atoms with E-state index in [1.165, 1.54) is 35.0 Å². The smallest absolute Gasteiger partial charge is 0.168 e. The van der Waals surface area contributed by atoms with Gasteiger partial charge < -0.3 is 9.67 Å². The lowest BCUT2D eigenvalue weighted by Gasteiger charge is -2.20. The fourth-order valence-corrected chi connectivity index (χ4v) is 4.82. The Kier molecular flexibility index (Phi) is 7.35. The fraction of sp³-hybridized carbons (Fsp3) is 0.192. The number of benzene rings is 3. The molecule has 0 aliphatic carbocycles. The average Bonchev–Trinajstić information content (AvgIpc) is 3.20. The minimum absolute atomic E-state index is 0.122. The number of hydrogen-bond donors (Lipinski definition) is 1. The van der Waals surface area contributed by atoms with Crippen LogP contribution in [0, 0.1) is 11.6 Å². The lowest BCUT2D eigenvalue weighted by molar-refractivity contribution is 0.268. The highest BCUT2D eigenvalue weighted by Crippen LogP contribution is 2.30. The van der Waals surface area contributed by atoms with Crippen LogP contribution in [0.3, 0.4) is 0 Å². The Bertz CT molecular complexity index is 1090. The van der Waals surface area contributed by atoms with Crippen LogP contribution < -0.4 is 0 Å². The monoisotopic (exact) mass is 450 g/mol. The molecule has 1 N–H and O–H groups in total. The van der Waals surface area contributed by atoms with Crippen LogP contribution in [0.2, 0.25) is 0 Å². The second kappa shape index (κ2) is 10.6. The van der Waals surface area contributed by atoms with Crippen LogP contribution in [0.15, 0.2) is 90.2 Å². The number of thioether (sulfide) groups is 1. The zero-order valence-corrected chi connectivity index (χ0v) is 18.3. The summed E-state index contributed by atoms with van der Waals surface area (Å²) in [6.07, 6.45) is 2.48. The standard InChI is InChI=1S/C26H24F2N2OS/c27-22-13-19(14-23(28)15-22)18-32-26-29-16-24(17-31)30(26)12-11-25(20-7-3-1-4-8-20)21-9-5-2-6-10-21/h1-10,13-16,25,31H,11-12,17-18H2. The van der Waals surface area contributed by atoms with Crippen molar-refractivity contribution in [2.45, 2.75) is 36.4 Å². The number of imidazole rings is 1. The van der Waals surface area contributed by atoms with Crippen molar-refractivity contribution in [1.29, 1.82) is 0 Å². The van der Waals surface area contributed by atoms with Gasteiger partial charge in [-0.3, -0.25) is 0 Å². The van der Waals surface area contributed by atoms with Gasteiger partial charge in [-0.1, -0.05) is 72.4 Å². The van der Waals surface area contributed by atoms with E-state index in [2.05, 4.69) is 29.2 Å². The van der Waals surface area contributed by atoms with Crippen molar-refractivity contribution in [3.05, 3.63) is 119 Å². The summed E-state index contributed by atoms with van der Waals surface area (Å²) in [6, 6.07) is 24.2. The van der Waals surface area contributed by atoms with E-state index >= 15 is 0 Å². The van der Waals surface area contributed by atoms with Crippen molar-refractivity contribution in [2.75, 3.05) is 0 Å². The van der Waals surface area contributed by atoms with E-state index in [1.54, 1.807) is 6.20 Å². The minimum atomic E-state index is -0.589. The van der Waals surface area contributed by atoms with Crippen molar-refractivity contribution in [3.8, 4) is 0 Å². The quantitative estimate of drug-likeness (QED) is 0.310. The Morgan fingerprint density at radius 1 is 0.875 bits per heavy atom. The largest absolute Gasteiger partial charge is 0.390 e. The molecule has 0 spiro atoms. The van der Waals surface area contributed by atoms with Gasteiger partial charge in [-0.05, 0) is 35.2 Å². The van der Waals surface area contributed by atoms with Gasteiger partial charge in [0, 0.05) is 24.3 Å². The van der Waals surface area contributed by atoms with Crippen LogP contribution in [-0.2, 0) is 18.9 Å². The first-order chi connectivity index (χ1) is 15.6. The van der Waals surface area contributed by atoms with Crippen LogP contribution in [0.1, 0.15) is 34.7 Å². The number of halogens is 2. The van der Waals surface area contributed by atoms with Gasteiger partial charge in [-0.15, -0.1) is 0 Å². The highest BCUT2D eigenvalue weighted by molar-refractivity contribution is 7.98. The molecule has 0 aliphatic heterocycles. The molecule has 0 radical (unpaired) electrons. The molecule has 4 rings (SSSR count). The Hall–Kier alpha value is -2.96. The highest BCUT2D eigenvalue weighted by Gasteiger charge is 2.17. The molecule has 3 aromatic carbocycles. The molecular formula is C26H24F2N2OS. The Balaban J connectivity index is 1.54. The van der Waals surface area contributed by atoms with Crippen LogP contribution in [0.4, 0.5) is 8.78 Å². The number of rotatable bonds is 9. The zero-order valence-electron chi connectivity index (χ0n) is 17.5. The van der Waals surface area contributed by atoms with Gasteiger partial charge in [-0.2, -0.15) is 0 Å². The van der Waals surface area contributed by atoms with Gasteiger partial charge in [0.15, 0.2) is 5.16 Å². The molecule has 0 saturated carbocycles. The van der Waals surface area contributed by atoms with E-state index in [1.807, 2.05) is 41.0 Å². The summed E-state index contributed by atoms with van der Waals surface area (Å²) in [4.78, 5) is 4.45. The van der Waals surface area contributed by atoms with Crippen LogP contribution >= 0.6 is 11.8 Å². The lowest BCUT2D eigenvalue weighted by atomic mass is 9.88. The summed E-state index contributed by atoms with van der Waals surface area (Å²) in [7, 11) is 0. The Labute approximate surface area is 190 Å². The lowest BCUT2D eigenvalue weighted by Crippen LogP contribution is -2.10. The van der Waals surface area contributed by atoms with Crippen molar-refractivity contribution >= 4 is 11.8 Å². The summed E-state index contributed by atoms with van der Waals surface area (Å²) >= 11 is 1.40. The molecule has 1 heterocycles. The number of nitrogens with zero attached hydrogens (tertiary/aromatic N) is 2. The van der Waals surface area contributed by atoms with Crippen LogP contribution in [0.25, 0.3) is 0 Å². The molecule has 32 heavy (non-hydrogen) atoms. The summed E-state index contributed by atoms with van der Waals surface area (Å²) in [5, 5.41) is 10.5. The van der Waals surface area contributed by atoms with Gasteiger partial charge in [0.2, 0.25) is 0 Å². The van der Waals surface area contributed by atoms with Gasteiger partial charge in [0.05, 0.1) is 18.5 Å². The molecule has 3 nitrogen and oxygen atoms in total. The van der Waals surface area contributed by atoms with E-state index in [0.717, 1.165) is 23.3 Å².